The van der Waals surface area contributed by atoms with Gasteiger partial charge in [-0.05, 0) is 24.1 Å². The van der Waals surface area contributed by atoms with Gasteiger partial charge in [0.25, 0.3) is 0 Å². The van der Waals surface area contributed by atoms with E-state index < -0.39 is 5.97 Å². The molecule has 0 radical (unpaired) electrons. The van der Waals surface area contributed by atoms with Crippen molar-refractivity contribution in [2.45, 2.75) is 12.8 Å². The standard InChI is InChI=1S/C15H22O6/c1-18-7-9-20-13-5-3-12(4-6-15(16)17)11-14(13)21-10-8-19-2/h3,5,11H,4,6-10H2,1-2H3,(H,16,17). The van der Waals surface area contributed by atoms with Gasteiger partial charge < -0.3 is 24.1 Å². The van der Waals surface area contributed by atoms with Gasteiger partial charge in [0.1, 0.15) is 13.2 Å². The molecule has 0 amide bonds. The zero-order valence-electron chi connectivity index (χ0n) is 12.5. The van der Waals surface area contributed by atoms with Crippen LogP contribution >= 0.6 is 0 Å². The van der Waals surface area contributed by atoms with Gasteiger partial charge in [-0.25, -0.2) is 0 Å². The maximum absolute atomic E-state index is 10.6. The molecule has 0 atom stereocenters. The van der Waals surface area contributed by atoms with Crippen molar-refractivity contribution in [2.75, 3.05) is 40.6 Å². The van der Waals surface area contributed by atoms with Crippen LogP contribution in [0.2, 0.25) is 0 Å². The molecule has 6 nitrogen and oxygen atoms in total. The van der Waals surface area contributed by atoms with Crippen LogP contribution in [0.1, 0.15) is 12.0 Å². The Hall–Kier alpha value is -1.79. The molecule has 0 aliphatic heterocycles. The minimum atomic E-state index is -0.822. The van der Waals surface area contributed by atoms with E-state index in [-0.39, 0.29) is 6.42 Å². The van der Waals surface area contributed by atoms with E-state index in [0.29, 0.717) is 44.3 Å². The molecule has 0 fully saturated rings. The van der Waals surface area contributed by atoms with E-state index in [9.17, 15) is 4.79 Å². The van der Waals surface area contributed by atoms with Crippen molar-refractivity contribution in [3.8, 4) is 11.5 Å². The normalized spacial score (nSPS) is 10.4. The summed E-state index contributed by atoms with van der Waals surface area (Å²) >= 11 is 0. The van der Waals surface area contributed by atoms with Gasteiger partial charge in [0.2, 0.25) is 0 Å². The monoisotopic (exact) mass is 298 g/mol. The van der Waals surface area contributed by atoms with Gasteiger partial charge in [-0.15, -0.1) is 0 Å². The van der Waals surface area contributed by atoms with Crippen molar-refractivity contribution in [3.05, 3.63) is 23.8 Å². The van der Waals surface area contributed by atoms with Crippen molar-refractivity contribution in [1.29, 1.82) is 0 Å². The number of hydrogen-bond acceptors (Lipinski definition) is 5. The number of methoxy groups -OCH3 is 2. The van der Waals surface area contributed by atoms with Crippen LogP contribution in [0.4, 0.5) is 0 Å². The number of rotatable bonds is 11. The van der Waals surface area contributed by atoms with Crippen molar-refractivity contribution in [1.82, 2.24) is 0 Å². The average Bonchev–Trinajstić information content (AvgIpc) is 2.47. The summed E-state index contributed by atoms with van der Waals surface area (Å²) in [6.07, 6.45) is 0.537. The maximum Gasteiger partial charge on any atom is 0.303 e. The summed E-state index contributed by atoms with van der Waals surface area (Å²) < 4.78 is 21.1. The van der Waals surface area contributed by atoms with Gasteiger partial charge in [0.05, 0.1) is 13.2 Å². The van der Waals surface area contributed by atoms with E-state index in [0.717, 1.165) is 5.56 Å². The van der Waals surface area contributed by atoms with Gasteiger partial charge in [-0.2, -0.15) is 0 Å². The first-order valence-corrected chi connectivity index (χ1v) is 6.75. The Morgan fingerprint density at radius 3 is 2.19 bits per heavy atom. The molecule has 0 saturated carbocycles. The fraction of sp³-hybridized carbons (Fsp3) is 0.533. The van der Waals surface area contributed by atoms with Crippen molar-refractivity contribution in [2.24, 2.45) is 0 Å². The van der Waals surface area contributed by atoms with Crippen molar-refractivity contribution >= 4 is 5.97 Å². The van der Waals surface area contributed by atoms with Crippen LogP contribution in [0.3, 0.4) is 0 Å². The third-order valence-electron chi connectivity index (χ3n) is 2.73. The topological polar surface area (TPSA) is 74.2 Å². The Morgan fingerprint density at radius 2 is 1.62 bits per heavy atom. The largest absolute Gasteiger partial charge is 0.487 e. The minimum Gasteiger partial charge on any atom is -0.487 e. The number of carbonyl (C=O) groups is 1. The molecular formula is C15H22O6. The first-order valence-electron chi connectivity index (χ1n) is 6.75. The van der Waals surface area contributed by atoms with Gasteiger partial charge in [-0.1, -0.05) is 6.07 Å². The van der Waals surface area contributed by atoms with Crippen molar-refractivity contribution < 1.29 is 28.8 Å². The summed E-state index contributed by atoms with van der Waals surface area (Å²) in [5.74, 6) is 0.380. The Bertz CT molecular complexity index is 432. The molecule has 0 unspecified atom stereocenters. The van der Waals surface area contributed by atoms with Gasteiger partial charge in [-0.3, -0.25) is 4.79 Å². The Balaban J connectivity index is 2.72. The minimum absolute atomic E-state index is 0.0847. The van der Waals surface area contributed by atoms with E-state index in [4.69, 9.17) is 24.1 Å². The highest BCUT2D eigenvalue weighted by Gasteiger charge is 2.08. The molecule has 6 heteroatoms. The second kappa shape index (κ2) is 10.0. The molecule has 0 saturated heterocycles. The van der Waals surface area contributed by atoms with Crippen LogP contribution in [-0.2, 0) is 20.7 Å². The second-order valence-corrected chi connectivity index (χ2v) is 4.36. The fourth-order valence-corrected chi connectivity index (χ4v) is 1.66. The number of ether oxygens (including phenoxy) is 4. The zero-order valence-corrected chi connectivity index (χ0v) is 12.5. The summed E-state index contributed by atoms with van der Waals surface area (Å²) in [5.41, 5.74) is 0.893. The first kappa shape index (κ1) is 17.3. The fourth-order valence-electron chi connectivity index (χ4n) is 1.66. The number of carboxylic acids is 1. The van der Waals surface area contributed by atoms with Crippen LogP contribution in [-0.4, -0.2) is 51.7 Å². The molecule has 0 spiro atoms. The zero-order chi connectivity index (χ0) is 15.5. The summed E-state index contributed by atoms with van der Waals surface area (Å²) in [6, 6.07) is 5.43. The molecule has 118 valence electrons. The molecule has 1 aromatic carbocycles. The third kappa shape index (κ3) is 6.97. The number of aliphatic carboxylic acids is 1. The lowest BCUT2D eigenvalue weighted by Gasteiger charge is -2.14. The van der Waals surface area contributed by atoms with Gasteiger partial charge >= 0.3 is 5.97 Å². The lowest BCUT2D eigenvalue weighted by Crippen LogP contribution is -2.09. The quantitative estimate of drug-likeness (QED) is 0.627. The van der Waals surface area contributed by atoms with Crippen LogP contribution in [0.15, 0.2) is 18.2 Å². The van der Waals surface area contributed by atoms with E-state index in [1.807, 2.05) is 6.07 Å². The molecule has 21 heavy (non-hydrogen) atoms. The Kier molecular flexibility index (Phi) is 8.23. The van der Waals surface area contributed by atoms with Gasteiger partial charge in [0.15, 0.2) is 11.5 Å². The number of benzene rings is 1. The molecular weight excluding hydrogens is 276 g/mol. The highest BCUT2D eigenvalue weighted by molar-refractivity contribution is 5.67. The van der Waals surface area contributed by atoms with Crippen LogP contribution in [0, 0.1) is 0 Å². The first-order chi connectivity index (χ1) is 10.2. The van der Waals surface area contributed by atoms with E-state index >= 15 is 0 Å². The van der Waals surface area contributed by atoms with E-state index in [2.05, 4.69) is 0 Å². The molecule has 1 rings (SSSR count). The smallest absolute Gasteiger partial charge is 0.303 e. The molecule has 0 bridgehead atoms. The van der Waals surface area contributed by atoms with Crippen LogP contribution in [0.5, 0.6) is 11.5 Å². The summed E-state index contributed by atoms with van der Waals surface area (Å²) in [7, 11) is 3.21. The Labute approximate surface area is 124 Å². The predicted octanol–water partition coefficient (Wildman–Crippen LogP) is 1.75. The SMILES string of the molecule is COCCOc1ccc(CCC(=O)O)cc1OCCOC. The van der Waals surface area contributed by atoms with Crippen LogP contribution in [0.25, 0.3) is 0 Å². The summed E-state index contributed by atoms with van der Waals surface area (Å²) in [5, 5.41) is 8.73. The lowest BCUT2D eigenvalue weighted by molar-refractivity contribution is -0.136. The molecule has 0 aliphatic carbocycles. The molecule has 0 aliphatic rings. The molecule has 1 N–H and O–H groups in total. The number of aryl methyl sites for hydroxylation is 1. The Morgan fingerprint density at radius 1 is 1.00 bits per heavy atom. The number of hydrogen-bond donors (Lipinski definition) is 1. The maximum atomic E-state index is 10.6. The summed E-state index contributed by atoms with van der Waals surface area (Å²) in [4.78, 5) is 10.6. The lowest BCUT2D eigenvalue weighted by atomic mass is 10.1. The molecule has 0 heterocycles. The number of carboxylic acid groups (broad SMARTS) is 1. The highest BCUT2D eigenvalue weighted by Crippen LogP contribution is 2.29. The highest BCUT2D eigenvalue weighted by atomic mass is 16.5. The second-order valence-electron chi connectivity index (χ2n) is 4.36. The van der Waals surface area contributed by atoms with Crippen LogP contribution < -0.4 is 9.47 Å². The summed E-state index contributed by atoms with van der Waals surface area (Å²) in [6.45, 7) is 1.78. The predicted molar refractivity (Wildman–Crippen MR) is 77.1 cm³/mol. The average molecular weight is 298 g/mol. The van der Waals surface area contributed by atoms with E-state index in [1.54, 1.807) is 26.4 Å². The third-order valence-corrected chi connectivity index (χ3v) is 2.73. The van der Waals surface area contributed by atoms with Crippen molar-refractivity contribution in [3.63, 3.8) is 0 Å². The molecule has 1 aromatic rings. The van der Waals surface area contributed by atoms with E-state index in [1.165, 1.54) is 0 Å². The molecule has 0 aromatic heterocycles. The van der Waals surface area contributed by atoms with Gasteiger partial charge in [0, 0.05) is 20.6 Å².